The summed E-state index contributed by atoms with van der Waals surface area (Å²) >= 11 is 0. The maximum Gasteiger partial charge on any atom is 0.242 e. The minimum atomic E-state index is -3.69. The number of nitrogens with zero attached hydrogens (tertiary/aromatic N) is 2. The van der Waals surface area contributed by atoms with Crippen LogP contribution in [0.1, 0.15) is 17.0 Å². The van der Waals surface area contributed by atoms with E-state index < -0.39 is 10.0 Å². The van der Waals surface area contributed by atoms with Crippen molar-refractivity contribution in [2.45, 2.75) is 18.4 Å². The van der Waals surface area contributed by atoms with Gasteiger partial charge in [-0.05, 0) is 31.2 Å². The quantitative estimate of drug-likeness (QED) is 0.930. The lowest BCUT2D eigenvalue weighted by Crippen LogP contribution is -2.25. The van der Waals surface area contributed by atoms with Crippen LogP contribution in [0, 0.1) is 18.3 Å². The average molecular weight is 289 g/mol. The summed E-state index contributed by atoms with van der Waals surface area (Å²) in [5.41, 5.74) is 2.06. The zero-order valence-corrected chi connectivity index (χ0v) is 12.1. The molecular formula is C14H15N3O2S. The molecule has 0 aliphatic rings. The van der Waals surface area contributed by atoms with Crippen LogP contribution in [-0.2, 0) is 23.6 Å². The normalized spacial score (nSPS) is 11.2. The molecule has 1 aromatic carbocycles. The molecule has 0 spiro atoms. The Kier molecular flexibility index (Phi) is 3.93. The standard InChI is InChI=1S/C14H15N3O2S/c1-11-7-8-13(17(11)2)10-16-20(18,19)14-6-4-3-5-12(14)9-15/h3-8,16H,10H2,1-2H3. The van der Waals surface area contributed by atoms with Gasteiger partial charge in [-0.25, -0.2) is 13.1 Å². The van der Waals surface area contributed by atoms with Crippen molar-refractivity contribution in [1.29, 1.82) is 5.26 Å². The first-order valence-electron chi connectivity index (χ1n) is 6.05. The van der Waals surface area contributed by atoms with Gasteiger partial charge in [-0.2, -0.15) is 5.26 Å². The van der Waals surface area contributed by atoms with Gasteiger partial charge in [0.15, 0.2) is 0 Å². The minimum Gasteiger partial charge on any atom is -0.351 e. The molecule has 0 fully saturated rings. The highest BCUT2D eigenvalue weighted by molar-refractivity contribution is 7.89. The number of hydrogen-bond acceptors (Lipinski definition) is 3. The molecule has 0 radical (unpaired) electrons. The van der Waals surface area contributed by atoms with Crippen molar-refractivity contribution in [1.82, 2.24) is 9.29 Å². The second-order valence-electron chi connectivity index (χ2n) is 4.46. The number of hydrogen-bond donors (Lipinski definition) is 1. The number of nitrogens with one attached hydrogen (secondary N) is 1. The van der Waals surface area contributed by atoms with Gasteiger partial charge in [0.2, 0.25) is 10.0 Å². The number of aromatic nitrogens is 1. The van der Waals surface area contributed by atoms with Gasteiger partial charge in [0.25, 0.3) is 0 Å². The van der Waals surface area contributed by atoms with Gasteiger partial charge in [-0.15, -0.1) is 0 Å². The van der Waals surface area contributed by atoms with Gasteiger partial charge in [0.05, 0.1) is 17.0 Å². The minimum absolute atomic E-state index is 0.00781. The van der Waals surface area contributed by atoms with E-state index in [9.17, 15) is 8.42 Å². The number of benzene rings is 1. The number of aryl methyl sites for hydroxylation is 1. The fourth-order valence-electron chi connectivity index (χ4n) is 1.88. The molecule has 0 aliphatic carbocycles. The number of nitriles is 1. The van der Waals surface area contributed by atoms with Crippen LogP contribution in [0.4, 0.5) is 0 Å². The fourth-order valence-corrected chi connectivity index (χ4v) is 3.04. The number of rotatable bonds is 4. The van der Waals surface area contributed by atoms with E-state index >= 15 is 0 Å². The third-order valence-electron chi connectivity index (χ3n) is 3.22. The molecule has 1 heterocycles. The maximum absolute atomic E-state index is 12.2. The Hall–Kier alpha value is -2.10. The van der Waals surface area contributed by atoms with E-state index in [1.807, 2.05) is 36.7 Å². The third-order valence-corrected chi connectivity index (χ3v) is 4.68. The molecule has 6 heteroatoms. The smallest absolute Gasteiger partial charge is 0.242 e. The molecule has 1 N–H and O–H groups in total. The van der Waals surface area contributed by atoms with E-state index in [0.29, 0.717) is 0 Å². The van der Waals surface area contributed by atoms with Crippen LogP contribution < -0.4 is 4.72 Å². The first-order valence-corrected chi connectivity index (χ1v) is 7.54. The monoisotopic (exact) mass is 289 g/mol. The molecule has 20 heavy (non-hydrogen) atoms. The lowest BCUT2D eigenvalue weighted by Gasteiger charge is -2.09. The third kappa shape index (κ3) is 2.74. The molecule has 0 amide bonds. The van der Waals surface area contributed by atoms with Gasteiger partial charge < -0.3 is 4.57 Å². The summed E-state index contributed by atoms with van der Waals surface area (Å²) in [6.07, 6.45) is 0. The molecule has 0 saturated heterocycles. The highest BCUT2D eigenvalue weighted by Crippen LogP contribution is 2.15. The maximum atomic E-state index is 12.2. The molecule has 0 saturated carbocycles. The Morgan fingerprint density at radius 3 is 2.55 bits per heavy atom. The van der Waals surface area contributed by atoms with Crippen LogP contribution in [0.25, 0.3) is 0 Å². The zero-order valence-electron chi connectivity index (χ0n) is 11.3. The molecule has 2 rings (SSSR count). The van der Waals surface area contributed by atoms with Gasteiger partial charge in [-0.3, -0.25) is 0 Å². The van der Waals surface area contributed by atoms with Crippen molar-refractivity contribution in [3.63, 3.8) is 0 Å². The van der Waals surface area contributed by atoms with Gasteiger partial charge >= 0.3 is 0 Å². The fraction of sp³-hybridized carbons (Fsp3) is 0.214. The predicted molar refractivity (Wildman–Crippen MR) is 75.3 cm³/mol. The van der Waals surface area contributed by atoms with Crippen LogP contribution in [0.2, 0.25) is 0 Å². The van der Waals surface area contributed by atoms with Crippen LogP contribution in [-0.4, -0.2) is 13.0 Å². The summed E-state index contributed by atoms with van der Waals surface area (Å²) in [5, 5.41) is 8.97. The highest BCUT2D eigenvalue weighted by Gasteiger charge is 2.18. The van der Waals surface area contributed by atoms with Crippen LogP contribution in [0.15, 0.2) is 41.3 Å². The molecule has 0 aliphatic heterocycles. The van der Waals surface area contributed by atoms with Crippen molar-refractivity contribution >= 4 is 10.0 Å². The van der Waals surface area contributed by atoms with Crippen molar-refractivity contribution in [2.75, 3.05) is 0 Å². The first-order chi connectivity index (χ1) is 9.45. The predicted octanol–water partition coefficient (Wildman–Crippen LogP) is 1.68. The first kappa shape index (κ1) is 14.3. The van der Waals surface area contributed by atoms with E-state index in [2.05, 4.69) is 4.72 Å². The zero-order chi connectivity index (χ0) is 14.8. The Morgan fingerprint density at radius 1 is 1.25 bits per heavy atom. The highest BCUT2D eigenvalue weighted by atomic mass is 32.2. The summed E-state index contributed by atoms with van der Waals surface area (Å²) in [4.78, 5) is 0.00781. The van der Waals surface area contributed by atoms with Crippen molar-refractivity contribution < 1.29 is 8.42 Å². The Morgan fingerprint density at radius 2 is 1.95 bits per heavy atom. The van der Waals surface area contributed by atoms with E-state index in [0.717, 1.165) is 11.4 Å². The topological polar surface area (TPSA) is 74.9 Å². The molecule has 0 unspecified atom stereocenters. The van der Waals surface area contributed by atoms with Crippen molar-refractivity contribution in [2.24, 2.45) is 7.05 Å². The van der Waals surface area contributed by atoms with Gasteiger partial charge in [0, 0.05) is 18.4 Å². The van der Waals surface area contributed by atoms with Crippen LogP contribution in [0.5, 0.6) is 0 Å². The van der Waals surface area contributed by atoms with Crippen LogP contribution in [0.3, 0.4) is 0 Å². The SMILES string of the molecule is Cc1ccc(CNS(=O)(=O)c2ccccc2C#N)n1C. The van der Waals surface area contributed by atoms with E-state index in [1.54, 1.807) is 12.1 Å². The Labute approximate surface area is 118 Å². The Bertz CT molecular complexity index is 770. The summed E-state index contributed by atoms with van der Waals surface area (Å²) in [6, 6.07) is 11.8. The van der Waals surface area contributed by atoms with Crippen LogP contribution >= 0.6 is 0 Å². The van der Waals surface area contributed by atoms with E-state index in [-0.39, 0.29) is 17.0 Å². The summed E-state index contributed by atoms with van der Waals surface area (Å²) in [6.45, 7) is 2.13. The largest absolute Gasteiger partial charge is 0.351 e. The molecule has 0 atom stereocenters. The molecule has 0 bridgehead atoms. The lowest BCUT2D eigenvalue weighted by molar-refractivity contribution is 0.578. The second kappa shape index (κ2) is 5.49. The molecule has 5 nitrogen and oxygen atoms in total. The average Bonchev–Trinajstić information content (AvgIpc) is 2.76. The van der Waals surface area contributed by atoms with Crippen molar-refractivity contribution in [3.05, 3.63) is 53.3 Å². The van der Waals surface area contributed by atoms with Crippen molar-refractivity contribution in [3.8, 4) is 6.07 Å². The summed E-state index contributed by atoms with van der Waals surface area (Å²) in [7, 11) is -1.82. The molecule has 104 valence electrons. The molecule has 2 aromatic rings. The summed E-state index contributed by atoms with van der Waals surface area (Å²) in [5.74, 6) is 0. The van der Waals surface area contributed by atoms with Gasteiger partial charge in [0.1, 0.15) is 6.07 Å². The second-order valence-corrected chi connectivity index (χ2v) is 6.19. The van der Waals surface area contributed by atoms with E-state index in [4.69, 9.17) is 5.26 Å². The Balaban J connectivity index is 2.24. The number of sulfonamides is 1. The molecule has 1 aromatic heterocycles. The van der Waals surface area contributed by atoms with Gasteiger partial charge in [-0.1, -0.05) is 12.1 Å². The molecular weight excluding hydrogens is 274 g/mol. The van der Waals surface area contributed by atoms with E-state index in [1.165, 1.54) is 12.1 Å². The lowest BCUT2D eigenvalue weighted by atomic mass is 10.2. The summed E-state index contributed by atoms with van der Waals surface area (Å²) < 4.78 is 28.9.